The fraction of sp³-hybridized carbons (Fsp3) is 0.273. The van der Waals surface area contributed by atoms with Gasteiger partial charge in [-0.15, -0.1) is 0 Å². The van der Waals surface area contributed by atoms with Gasteiger partial charge in [0.15, 0.2) is 0 Å². The van der Waals surface area contributed by atoms with E-state index < -0.39 is 5.82 Å². The van der Waals surface area contributed by atoms with Crippen molar-refractivity contribution in [2.45, 2.75) is 12.8 Å². The summed E-state index contributed by atoms with van der Waals surface area (Å²) in [6, 6.07) is 4.20. The first-order chi connectivity index (χ1) is 7.58. The molecule has 2 rings (SSSR count). The van der Waals surface area contributed by atoms with Gasteiger partial charge in [-0.25, -0.2) is 4.39 Å². The molecule has 0 bridgehead atoms. The molecule has 1 aliphatic carbocycles. The van der Waals surface area contributed by atoms with Crippen molar-refractivity contribution in [2.75, 3.05) is 5.32 Å². The molecule has 0 radical (unpaired) electrons. The summed E-state index contributed by atoms with van der Waals surface area (Å²) < 4.78 is 13.2. The van der Waals surface area contributed by atoms with Gasteiger partial charge < -0.3 is 11.1 Å². The highest BCUT2D eigenvalue weighted by Gasteiger charge is 2.29. The number of nitrogens with one attached hydrogen (secondary N) is 1. The van der Waals surface area contributed by atoms with Crippen molar-refractivity contribution in [3.8, 4) is 0 Å². The quantitative estimate of drug-likeness (QED) is 0.790. The van der Waals surface area contributed by atoms with Crippen molar-refractivity contribution in [3.05, 3.63) is 29.6 Å². The normalized spacial score (nSPS) is 14.6. The Hall–Kier alpha value is -1.49. The summed E-state index contributed by atoms with van der Waals surface area (Å²) in [7, 11) is 0. The Balaban J connectivity index is 2.18. The lowest BCUT2D eigenvalue weighted by molar-refractivity contribution is -0.117. The molecule has 0 saturated heterocycles. The van der Waals surface area contributed by atoms with E-state index in [4.69, 9.17) is 18.0 Å². The van der Waals surface area contributed by atoms with Gasteiger partial charge in [-0.2, -0.15) is 0 Å². The minimum absolute atomic E-state index is 0.0139. The van der Waals surface area contributed by atoms with Crippen molar-refractivity contribution in [3.63, 3.8) is 0 Å². The number of thiocarbonyl (C=S) groups is 1. The molecule has 1 aliphatic rings. The Morgan fingerprint density at radius 1 is 1.50 bits per heavy atom. The molecule has 0 aromatic heterocycles. The lowest BCUT2D eigenvalue weighted by Gasteiger charge is -2.07. The van der Waals surface area contributed by atoms with E-state index in [0.29, 0.717) is 5.69 Å². The molecule has 16 heavy (non-hydrogen) atoms. The molecule has 3 N–H and O–H groups in total. The van der Waals surface area contributed by atoms with Crippen molar-refractivity contribution in [1.82, 2.24) is 0 Å². The number of rotatable bonds is 3. The highest BCUT2D eigenvalue weighted by Crippen LogP contribution is 2.30. The van der Waals surface area contributed by atoms with E-state index in [2.05, 4.69) is 5.32 Å². The Morgan fingerprint density at radius 2 is 2.19 bits per heavy atom. The highest BCUT2D eigenvalue weighted by atomic mass is 32.1. The zero-order chi connectivity index (χ0) is 11.7. The molecule has 0 aliphatic heterocycles. The maximum absolute atomic E-state index is 13.2. The van der Waals surface area contributed by atoms with Gasteiger partial charge >= 0.3 is 0 Å². The van der Waals surface area contributed by atoms with Crippen LogP contribution in [0.3, 0.4) is 0 Å². The van der Waals surface area contributed by atoms with Crippen LogP contribution in [0.5, 0.6) is 0 Å². The van der Waals surface area contributed by atoms with Crippen LogP contribution in [0.15, 0.2) is 18.2 Å². The topological polar surface area (TPSA) is 55.1 Å². The van der Waals surface area contributed by atoms with Gasteiger partial charge in [-0.05, 0) is 31.0 Å². The Morgan fingerprint density at radius 3 is 2.75 bits per heavy atom. The molecular formula is C11H11FN2OS. The summed E-state index contributed by atoms with van der Waals surface area (Å²) in [6.07, 6.45) is 1.85. The first kappa shape index (κ1) is 11.0. The first-order valence-corrected chi connectivity index (χ1v) is 5.39. The zero-order valence-electron chi connectivity index (χ0n) is 8.50. The van der Waals surface area contributed by atoms with Crippen molar-refractivity contribution < 1.29 is 9.18 Å². The number of amides is 1. The molecule has 84 valence electrons. The summed E-state index contributed by atoms with van der Waals surface area (Å²) in [6.45, 7) is 0. The number of halogens is 1. The van der Waals surface area contributed by atoms with Gasteiger partial charge in [-0.3, -0.25) is 4.79 Å². The standard InChI is InChI=1S/C11H11FN2OS/c12-9-4-3-7(5-8(9)10(13)16)14-11(15)6-1-2-6/h3-6H,1-2H2,(H2,13,16)(H,14,15). The van der Waals surface area contributed by atoms with E-state index in [9.17, 15) is 9.18 Å². The van der Waals surface area contributed by atoms with Crippen LogP contribution in [-0.2, 0) is 4.79 Å². The van der Waals surface area contributed by atoms with E-state index in [1.807, 2.05) is 0 Å². The maximum Gasteiger partial charge on any atom is 0.227 e. The van der Waals surface area contributed by atoms with Crippen molar-refractivity contribution >= 4 is 28.8 Å². The summed E-state index contributed by atoms with van der Waals surface area (Å²) in [5.74, 6) is -0.393. The van der Waals surface area contributed by atoms with Crippen LogP contribution < -0.4 is 11.1 Å². The van der Waals surface area contributed by atoms with Crippen molar-refractivity contribution in [2.24, 2.45) is 11.7 Å². The summed E-state index contributed by atoms with van der Waals surface area (Å²) in [5.41, 5.74) is 6.05. The van der Waals surface area contributed by atoms with E-state index in [1.54, 1.807) is 0 Å². The van der Waals surface area contributed by atoms with Gasteiger partial charge in [0.05, 0.1) is 0 Å². The number of anilines is 1. The Bertz CT molecular complexity index is 457. The molecule has 1 aromatic rings. The summed E-state index contributed by atoms with van der Waals surface area (Å²) in [5, 5.41) is 2.71. The van der Waals surface area contributed by atoms with Gasteiger partial charge in [0, 0.05) is 17.2 Å². The minimum Gasteiger partial charge on any atom is -0.389 e. The molecular weight excluding hydrogens is 227 g/mol. The Kier molecular flexibility index (Phi) is 2.87. The maximum atomic E-state index is 13.2. The van der Waals surface area contributed by atoms with Gasteiger partial charge in [0.25, 0.3) is 0 Å². The lowest BCUT2D eigenvalue weighted by Crippen LogP contribution is -2.16. The molecule has 1 aromatic carbocycles. The van der Waals surface area contributed by atoms with Gasteiger partial charge in [0.2, 0.25) is 5.91 Å². The third-order valence-corrected chi connectivity index (χ3v) is 2.67. The van der Waals surface area contributed by atoms with Crippen LogP contribution in [0.25, 0.3) is 0 Å². The third kappa shape index (κ3) is 2.36. The smallest absolute Gasteiger partial charge is 0.227 e. The van der Waals surface area contributed by atoms with Crippen LogP contribution in [-0.4, -0.2) is 10.9 Å². The number of hydrogen-bond donors (Lipinski definition) is 2. The van der Waals surface area contributed by atoms with Crippen LogP contribution >= 0.6 is 12.2 Å². The van der Waals surface area contributed by atoms with E-state index >= 15 is 0 Å². The largest absolute Gasteiger partial charge is 0.389 e. The predicted octanol–water partition coefficient (Wildman–Crippen LogP) is 1.81. The monoisotopic (exact) mass is 238 g/mol. The summed E-state index contributed by atoms with van der Waals surface area (Å²) >= 11 is 4.71. The fourth-order valence-corrected chi connectivity index (χ4v) is 1.54. The van der Waals surface area contributed by atoms with Crippen LogP contribution in [0, 0.1) is 11.7 Å². The second-order valence-corrected chi connectivity index (χ2v) is 4.26. The molecule has 0 unspecified atom stereocenters. The van der Waals surface area contributed by atoms with Gasteiger partial charge in [0.1, 0.15) is 10.8 Å². The van der Waals surface area contributed by atoms with E-state index in [1.165, 1.54) is 18.2 Å². The molecule has 0 heterocycles. The van der Waals surface area contributed by atoms with Crippen molar-refractivity contribution in [1.29, 1.82) is 0 Å². The second kappa shape index (κ2) is 4.17. The van der Waals surface area contributed by atoms with Crippen LogP contribution in [0.1, 0.15) is 18.4 Å². The number of benzene rings is 1. The molecule has 5 heteroatoms. The number of carbonyl (C=O) groups is 1. The fourth-order valence-electron chi connectivity index (χ4n) is 1.38. The predicted molar refractivity (Wildman–Crippen MR) is 63.6 cm³/mol. The minimum atomic E-state index is -0.475. The van der Waals surface area contributed by atoms with Crippen LogP contribution in [0.4, 0.5) is 10.1 Å². The average molecular weight is 238 g/mol. The number of carbonyl (C=O) groups excluding carboxylic acids is 1. The molecule has 1 saturated carbocycles. The third-order valence-electron chi connectivity index (χ3n) is 2.45. The Labute approximate surface area is 97.8 Å². The first-order valence-electron chi connectivity index (χ1n) is 4.98. The molecule has 1 amide bonds. The molecule has 0 spiro atoms. The SMILES string of the molecule is NC(=S)c1cc(NC(=O)C2CC2)ccc1F. The molecule has 3 nitrogen and oxygen atoms in total. The lowest BCUT2D eigenvalue weighted by atomic mass is 10.2. The van der Waals surface area contributed by atoms with Crippen LogP contribution in [0.2, 0.25) is 0 Å². The number of nitrogens with two attached hydrogens (primary N) is 1. The molecule has 1 fully saturated rings. The molecule has 0 atom stereocenters. The second-order valence-electron chi connectivity index (χ2n) is 3.82. The number of hydrogen-bond acceptors (Lipinski definition) is 2. The summed E-state index contributed by atoms with van der Waals surface area (Å²) in [4.78, 5) is 11.5. The highest BCUT2D eigenvalue weighted by molar-refractivity contribution is 7.80. The zero-order valence-corrected chi connectivity index (χ0v) is 9.31. The van der Waals surface area contributed by atoms with E-state index in [0.717, 1.165) is 12.8 Å². The van der Waals surface area contributed by atoms with Gasteiger partial charge in [-0.1, -0.05) is 12.2 Å². The van der Waals surface area contributed by atoms with E-state index in [-0.39, 0.29) is 22.4 Å². The average Bonchev–Trinajstić information content (AvgIpc) is 3.03.